The van der Waals surface area contributed by atoms with Crippen LogP contribution >= 0.6 is 11.3 Å². The molecule has 2 heterocycles. The van der Waals surface area contributed by atoms with E-state index in [1.54, 1.807) is 6.21 Å². The van der Waals surface area contributed by atoms with Crippen LogP contribution in [0.3, 0.4) is 0 Å². The van der Waals surface area contributed by atoms with E-state index in [2.05, 4.69) is 61.0 Å². The van der Waals surface area contributed by atoms with Gasteiger partial charge in [0.25, 0.3) is 0 Å². The summed E-state index contributed by atoms with van der Waals surface area (Å²) in [6.07, 6.45) is -2.41. The van der Waals surface area contributed by atoms with Crippen LogP contribution in [0.5, 0.6) is 5.75 Å². The van der Waals surface area contributed by atoms with Crippen LogP contribution < -0.4 is 9.64 Å². The fourth-order valence-electron chi connectivity index (χ4n) is 3.94. The summed E-state index contributed by atoms with van der Waals surface area (Å²) >= 11 is 1.54. The number of ether oxygens (including phenoxy) is 1. The Morgan fingerprint density at radius 3 is 2.51 bits per heavy atom. The second-order valence-corrected chi connectivity index (χ2v) is 9.74. The summed E-state index contributed by atoms with van der Waals surface area (Å²) in [4.78, 5) is 19.8. The number of benzene rings is 2. The minimum absolute atomic E-state index is 0.204. The van der Waals surface area contributed by atoms with E-state index in [9.17, 15) is 13.2 Å². The highest BCUT2D eigenvalue weighted by atomic mass is 32.1. The van der Waals surface area contributed by atoms with Gasteiger partial charge in [0.05, 0.1) is 11.9 Å². The lowest BCUT2D eigenvalue weighted by atomic mass is 10.1. The fourth-order valence-corrected chi connectivity index (χ4v) is 4.91. The Kier molecular flexibility index (Phi) is 8.45. The van der Waals surface area contributed by atoms with Gasteiger partial charge < -0.3 is 19.4 Å². The van der Waals surface area contributed by atoms with Gasteiger partial charge in [-0.25, -0.2) is 9.98 Å². The standard InChI is InChI=1S/C26H28F3N5O2S/c1-18-23(16-19-5-4-6-21(15-19)34-13-11-33(2)12-14-34)37-24(31-18)17-30-25(32-35-3)20-7-9-22(10-8-20)36-26(27,28)29/h4-10,15,17H,11-14,16H2,1-3H3/b30-17?,32-25-. The lowest BCUT2D eigenvalue weighted by Gasteiger charge is -2.34. The molecular formula is C26H28F3N5O2S. The highest BCUT2D eigenvalue weighted by Gasteiger charge is 2.31. The monoisotopic (exact) mass is 531 g/mol. The number of alkyl halides is 3. The van der Waals surface area contributed by atoms with Gasteiger partial charge in [-0.05, 0) is 55.9 Å². The van der Waals surface area contributed by atoms with Crippen molar-refractivity contribution in [2.45, 2.75) is 19.7 Å². The Labute approximate surface area is 217 Å². The van der Waals surface area contributed by atoms with Crippen molar-refractivity contribution in [2.24, 2.45) is 10.1 Å². The molecule has 0 radical (unpaired) electrons. The molecule has 0 amide bonds. The lowest BCUT2D eigenvalue weighted by molar-refractivity contribution is -0.274. The van der Waals surface area contributed by atoms with Crippen molar-refractivity contribution in [3.05, 3.63) is 75.2 Å². The molecule has 0 atom stereocenters. The Morgan fingerprint density at radius 1 is 1.11 bits per heavy atom. The van der Waals surface area contributed by atoms with Crippen molar-refractivity contribution < 1.29 is 22.7 Å². The summed E-state index contributed by atoms with van der Waals surface area (Å²) in [6.45, 7) is 6.12. The number of amidine groups is 1. The molecule has 2 aromatic carbocycles. The first kappa shape index (κ1) is 26.6. The number of anilines is 1. The normalized spacial score (nSPS) is 15.4. The summed E-state index contributed by atoms with van der Waals surface area (Å²) in [5.41, 5.74) is 3.85. The number of piperazine rings is 1. The number of aromatic nitrogens is 1. The maximum Gasteiger partial charge on any atom is 0.573 e. The third-order valence-electron chi connectivity index (χ3n) is 5.87. The number of nitrogens with zero attached hydrogens (tertiary/aromatic N) is 5. The molecule has 196 valence electrons. The first-order valence-electron chi connectivity index (χ1n) is 11.7. The van der Waals surface area contributed by atoms with Crippen LogP contribution in [0.4, 0.5) is 18.9 Å². The predicted octanol–water partition coefficient (Wildman–Crippen LogP) is 5.12. The van der Waals surface area contributed by atoms with E-state index in [1.807, 2.05) is 6.92 Å². The minimum atomic E-state index is -4.75. The molecule has 0 bridgehead atoms. The van der Waals surface area contributed by atoms with Gasteiger partial charge in [-0.1, -0.05) is 17.3 Å². The number of hydrogen-bond acceptors (Lipinski definition) is 7. The number of oxime groups is 1. The fraction of sp³-hybridized carbons (Fsp3) is 0.346. The number of rotatable bonds is 7. The topological polar surface area (TPSA) is 62.6 Å². The molecule has 0 spiro atoms. The van der Waals surface area contributed by atoms with Crippen molar-refractivity contribution >= 4 is 29.1 Å². The molecule has 4 rings (SSSR count). The highest BCUT2D eigenvalue weighted by Crippen LogP contribution is 2.25. The molecule has 7 nitrogen and oxygen atoms in total. The average molecular weight is 532 g/mol. The molecule has 1 fully saturated rings. The van der Waals surface area contributed by atoms with Crippen LogP contribution in [0.2, 0.25) is 0 Å². The van der Waals surface area contributed by atoms with Gasteiger partial charge in [0.1, 0.15) is 17.9 Å². The molecule has 3 aromatic rings. The molecule has 1 aliphatic heterocycles. The largest absolute Gasteiger partial charge is 0.573 e. The van der Waals surface area contributed by atoms with Crippen molar-refractivity contribution in [1.82, 2.24) is 9.88 Å². The van der Waals surface area contributed by atoms with Crippen LogP contribution in [0.15, 0.2) is 58.7 Å². The second kappa shape index (κ2) is 11.7. The molecular weight excluding hydrogens is 503 g/mol. The van der Waals surface area contributed by atoms with Crippen LogP contribution in [0, 0.1) is 6.92 Å². The van der Waals surface area contributed by atoms with Crippen molar-refractivity contribution in [1.29, 1.82) is 0 Å². The Hall–Kier alpha value is -3.44. The maximum atomic E-state index is 12.4. The number of aryl methyl sites for hydroxylation is 1. The second-order valence-electron chi connectivity index (χ2n) is 8.63. The molecule has 0 unspecified atom stereocenters. The van der Waals surface area contributed by atoms with Crippen LogP contribution in [-0.2, 0) is 11.3 Å². The third-order valence-corrected chi connectivity index (χ3v) is 6.97. The van der Waals surface area contributed by atoms with E-state index in [1.165, 1.54) is 54.0 Å². The molecule has 0 saturated carbocycles. The molecule has 1 saturated heterocycles. The van der Waals surface area contributed by atoms with E-state index in [4.69, 9.17) is 4.84 Å². The zero-order valence-corrected chi connectivity index (χ0v) is 21.6. The zero-order chi connectivity index (χ0) is 26.4. The number of aliphatic imine (C=N–C) groups is 1. The Balaban J connectivity index is 1.45. The summed E-state index contributed by atoms with van der Waals surface area (Å²) in [5, 5.41) is 4.59. The smallest absolute Gasteiger partial charge is 0.406 e. The first-order valence-corrected chi connectivity index (χ1v) is 12.5. The van der Waals surface area contributed by atoms with Crippen molar-refractivity contribution in [3.8, 4) is 5.75 Å². The van der Waals surface area contributed by atoms with E-state index in [0.29, 0.717) is 10.6 Å². The van der Waals surface area contributed by atoms with Crippen LogP contribution in [-0.4, -0.2) is 68.6 Å². The molecule has 37 heavy (non-hydrogen) atoms. The van der Waals surface area contributed by atoms with E-state index in [-0.39, 0.29) is 11.6 Å². The van der Waals surface area contributed by atoms with Gasteiger partial charge in [-0.2, -0.15) is 0 Å². The lowest BCUT2D eigenvalue weighted by Crippen LogP contribution is -2.44. The minimum Gasteiger partial charge on any atom is -0.406 e. The number of thiazole rings is 1. The SMILES string of the molecule is CO/N=C(\N=Cc1nc(C)c(Cc2cccc(N3CCN(C)CC3)c2)s1)c1ccc(OC(F)(F)F)cc1. The highest BCUT2D eigenvalue weighted by molar-refractivity contribution is 7.13. The van der Waals surface area contributed by atoms with E-state index >= 15 is 0 Å². The zero-order valence-electron chi connectivity index (χ0n) is 20.8. The van der Waals surface area contributed by atoms with E-state index < -0.39 is 6.36 Å². The average Bonchev–Trinajstić information content (AvgIpc) is 3.21. The van der Waals surface area contributed by atoms with Gasteiger partial charge in [-0.3, -0.25) is 0 Å². The molecule has 0 aliphatic carbocycles. The van der Waals surface area contributed by atoms with E-state index in [0.717, 1.165) is 43.2 Å². The molecule has 1 aliphatic rings. The molecule has 0 N–H and O–H groups in total. The van der Waals surface area contributed by atoms with Crippen LogP contribution in [0.1, 0.15) is 26.7 Å². The Morgan fingerprint density at radius 2 is 1.84 bits per heavy atom. The summed E-state index contributed by atoms with van der Waals surface area (Å²) in [5.74, 6) is -0.121. The van der Waals surface area contributed by atoms with Gasteiger partial charge in [0, 0.05) is 48.7 Å². The molecule has 11 heteroatoms. The Bertz CT molecular complexity index is 1250. The van der Waals surface area contributed by atoms with Crippen molar-refractivity contribution in [2.75, 3.05) is 45.2 Å². The number of hydrogen-bond donors (Lipinski definition) is 0. The number of likely N-dealkylation sites (N-methyl/N-ethyl adjacent to an activating group) is 1. The maximum absolute atomic E-state index is 12.4. The van der Waals surface area contributed by atoms with Crippen LogP contribution in [0.25, 0.3) is 0 Å². The van der Waals surface area contributed by atoms with Gasteiger partial charge in [-0.15, -0.1) is 24.5 Å². The first-order chi connectivity index (χ1) is 17.7. The van der Waals surface area contributed by atoms with Gasteiger partial charge in [0.15, 0.2) is 5.84 Å². The molecule has 1 aromatic heterocycles. The third kappa shape index (κ3) is 7.53. The van der Waals surface area contributed by atoms with Crippen molar-refractivity contribution in [3.63, 3.8) is 0 Å². The summed E-state index contributed by atoms with van der Waals surface area (Å²) < 4.78 is 41.2. The number of halogens is 3. The van der Waals surface area contributed by atoms with Gasteiger partial charge >= 0.3 is 6.36 Å². The van der Waals surface area contributed by atoms with Gasteiger partial charge in [0.2, 0.25) is 0 Å². The quantitative estimate of drug-likeness (QED) is 0.241. The predicted molar refractivity (Wildman–Crippen MR) is 140 cm³/mol. The summed E-state index contributed by atoms with van der Waals surface area (Å²) in [6, 6.07) is 13.9. The summed E-state index contributed by atoms with van der Waals surface area (Å²) in [7, 11) is 3.52.